The highest BCUT2D eigenvalue weighted by Crippen LogP contribution is 2.43. The van der Waals surface area contributed by atoms with Crippen molar-refractivity contribution in [2.24, 2.45) is 5.92 Å². The van der Waals surface area contributed by atoms with Crippen molar-refractivity contribution in [2.45, 2.75) is 13.8 Å². The number of rotatable bonds is 1. The first-order valence-corrected chi connectivity index (χ1v) is 6.76. The molecule has 0 N–H and O–H groups in total. The van der Waals surface area contributed by atoms with Crippen LogP contribution in [0, 0.1) is 5.92 Å². The number of Topliss-reactive ketones (excluding diaryl/α,β-unsaturated/α-hetero) is 1. The SMILES string of the molecule is CC(C)=C1C(=O)C(c2ccc(Cl)cc2)=C2COCC21. The van der Waals surface area contributed by atoms with Crippen molar-refractivity contribution in [3.05, 3.63) is 51.6 Å². The van der Waals surface area contributed by atoms with E-state index >= 15 is 0 Å². The van der Waals surface area contributed by atoms with Crippen molar-refractivity contribution in [1.29, 1.82) is 0 Å². The zero-order valence-corrected chi connectivity index (χ0v) is 11.8. The Bertz CT molecular complexity index is 604. The van der Waals surface area contributed by atoms with Crippen LogP contribution in [0.5, 0.6) is 0 Å². The molecular weight excluding hydrogens is 260 g/mol. The molecular formula is C16H15ClO2. The lowest BCUT2D eigenvalue weighted by atomic mass is 9.96. The summed E-state index contributed by atoms with van der Waals surface area (Å²) >= 11 is 5.91. The third-order valence-corrected chi connectivity index (χ3v) is 4.03. The van der Waals surface area contributed by atoms with E-state index in [9.17, 15) is 4.79 Å². The molecule has 2 nitrogen and oxygen atoms in total. The number of benzene rings is 1. The second-order valence-corrected chi connectivity index (χ2v) is 5.65. The van der Waals surface area contributed by atoms with E-state index < -0.39 is 0 Å². The molecule has 0 amide bonds. The van der Waals surface area contributed by atoms with Gasteiger partial charge >= 0.3 is 0 Å². The number of hydrogen-bond donors (Lipinski definition) is 0. The van der Waals surface area contributed by atoms with Gasteiger partial charge in [-0.25, -0.2) is 0 Å². The van der Waals surface area contributed by atoms with Gasteiger partial charge in [0.2, 0.25) is 0 Å². The quantitative estimate of drug-likeness (QED) is 0.731. The lowest BCUT2D eigenvalue weighted by molar-refractivity contribution is -0.110. The van der Waals surface area contributed by atoms with Gasteiger partial charge in [-0.15, -0.1) is 0 Å². The molecule has 1 heterocycles. The van der Waals surface area contributed by atoms with Gasteiger partial charge in [0, 0.05) is 22.1 Å². The van der Waals surface area contributed by atoms with Crippen LogP contribution < -0.4 is 0 Å². The predicted octanol–water partition coefficient (Wildman–Crippen LogP) is 3.66. The van der Waals surface area contributed by atoms with E-state index in [1.165, 1.54) is 0 Å². The summed E-state index contributed by atoms with van der Waals surface area (Å²) in [7, 11) is 0. The Hall–Kier alpha value is -1.38. The maximum atomic E-state index is 12.6. The van der Waals surface area contributed by atoms with Crippen LogP contribution in [0.2, 0.25) is 5.02 Å². The van der Waals surface area contributed by atoms with Gasteiger partial charge in [-0.3, -0.25) is 4.79 Å². The monoisotopic (exact) mass is 274 g/mol. The average molecular weight is 275 g/mol. The molecule has 3 rings (SSSR count). The molecule has 0 aromatic heterocycles. The summed E-state index contributed by atoms with van der Waals surface area (Å²) in [4.78, 5) is 12.6. The van der Waals surface area contributed by atoms with Crippen molar-refractivity contribution in [3.8, 4) is 0 Å². The molecule has 19 heavy (non-hydrogen) atoms. The van der Waals surface area contributed by atoms with Crippen LogP contribution in [0.15, 0.2) is 41.0 Å². The summed E-state index contributed by atoms with van der Waals surface area (Å²) in [5.41, 5.74) is 4.88. The summed E-state index contributed by atoms with van der Waals surface area (Å²) in [5, 5.41) is 0.682. The first kappa shape index (κ1) is 12.6. The Labute approximate surface area is 117 Å². The molecule has 2 aliphatic rings. The van der Waals surface area contributed by atoms with E-state index in [-0.39, 0.29) is 11.7 Å². The van der Waals surface area contributed by atoms with Crippen molar-refractivity contribution < 1.29 is 9.53 Å². The van der Waals surface area contributed by atoms with Gasteiger partial charge in [0.15, 0.2) is 5.78 Å². The molecule has 1 aromatic carbocycles. The standard InChI is InChI=1S/C16H15ClO2/c1-9(2)14-12-7-19-8-13(12)15(16(14)18)10-3-5-11(17)6-4-10/h3-6,12H,7-8H2,1-2H3. The Morgan fingerprint density at radius 1 is 1.26 bits per heavy atom. The molecule has 1 fully saturated rings. The summed E-state index contributed by atoms with van der Waals surface area (Å²) in [6.07, 6.45) is 0. The Morgan fingerprint density at radius 3 is 2.58 bits per heavy atom. The molecule has 1 aliphatic carbocycles. The molecule has 0 radical (unpaired) electrons. The molecule has 1 aliphatic heterocycles. The molecule has 3 heteroatoms. The molecule has 0 saturated carbocycles. The fraction of sp³-hybridized carbons (Fsp3) is 0.312. The van der Waals surface area contributed by atoms with E-state index in [0.717, 1.165) is 27.9 Å². The third-order valence-electron chi connectivity index (χ3n) is 3.78. The minimum atomic E-state index is 0.156. The lowest BCUT2D eigenvalue weighted by Gasteiger charge is -2.07. The minimum Gasteiger partial charge on any atom is -0.376 e. The number of fused-ring (bicyclic) bond motifs is 1. The van der Waals surface area contributed by atoms with Gasteiger partial charge in [0.1, 0.15) is 0 Å². The van der Waals surface area contributed by atoms with Crippen molar-refractivity contribution >= 4 is 23.0 Å². The Morgan fingerprint density at radius 2 is 1.95 bits per heavy atom. The first-order chi connectivity index (χ1) is 9.09. The van der Waals surface area contributed by atoms with Crippen LogP contribution >= 0.6 is 11.6 Å². The van der Waals surface area contributed by atoms with E-state index in [2.05, 4.69) is 0 Å². The van der Waals surface area contributed by atoms with Crippen molar-refractivity contribution in [2.75, 3.05) is 13.2 Å². The Balaban J connectivity index is 2.15. The predicted molar refractivity (Wildman–Crippen MR) is 76.1 cm³/mol. The van der Waals surface area contributed by atoms with Crippen LogP contribution in [0.1, 0.15) is 19.4 Å². The largest absolute Gasteiger partial charge is 0.376 e. The van der Waals surface area contributed by atoms with Crippen LogP contribution in [0.3, 0.4) is 0 Å². The van der Waals surface area contributed by atoms with Crippen molar-refractivity contribution in [1.82, 2.24) is 0 Å². The second-order valence-electron chi connectivity index (χ2n) is 5.22. The highest BCUT2D eigenvalue weighted by Gasteiger charge is 2.41. The average Bonchev–Trinajstić information content (AvgIpc) is 2.89. The number of allylic oxidation sites excluding steroid dienone is 2. The molecule has 1 saturated heterocycles. The van der Waals surface area contributed by atoms with E-state index in [1.54, 1.807) is 0 Å². The number of carbonyl (C=O) groups is 1. The smallest absolute Gasteiger partial charge is 0.190 e. The highest BCUT2D eigenvalue weighted by molar-refractivity contribution is 6.33. The van der Waals surface area contributed by atoms with Crippen LogP contribution in [-0.4, -0.2) is 19.0 Å². The zero-order valence-electron chi connectivity index (χ0n) is 11.0. The van der Waals surface area contributed by atoms with Crippen molar-refractivity contribution in [3.63, 3.8) is 0 Å². The van der Waals surface area contributed by atoms with Gasteiger partial charge in [-0.05, 0) is 37.1 Å². The van der Waals surface area contributed by atoms with Gasteiger partial charge in [-0.1, -0.05) is 29.3 Å². The minimum absolute atomic E-state index is 0.156. The first-order valence-electron chi connectivity index (χ1n) is 6.38. The van der Waals surface area contributed by atoms with Gasteiger partial charge in [-0.2, -0.15) is 0 Å². The van der Waals surface area contributed by atoms with Gasteiger partial charge in [0.05, 0.1) is 13.2 Å². The van der Waals surface area contributed by atoms with E-state index in [1.807, 2.05) is 38.1 Å². The lowest BCUT2D eigenvalue weighted by Crippen LogP contribution is -2.08. The molecule has 1 aromatic rings. The Kier molecular flexibility index (Phi) is 3.08. The maximum Gasteiger partial charge on any atom is 0.190 e. The summed E-state index contributed by atoms with van der Waals surface area (Å²) < 4.78 is 5.55. The maximum absolute atomic E-state index is 12.6. The fourth-order valence-corrected chi connectivity index (χ4v) is 3.07. The third kappa shape index (κ3) is 1.96. The summed E-state index contributed by atoms with van der Waals surface area (Å²) in [5.74, 6) is 0.314. The number of carbonyl (C=O) groups excluding carboxylic acids is 1. The molecule has 1 atom stereocenters. The van der Waals surface area contributed by atoms with Crippen LogP contribution in [0.25, 0.3) is 5.57 Å². The van der Waals surface area contributed by atoms with Crippen LogP contribution in [0.4, 0.5) is 0 Å². The van der Waals surface area contributed by atoms with Gasteiger partial charge in [0.25, 0.3) is 0 Å². The molecule has 0 spiro atoms. The fourth-order valence-electron chi connectivity index (χ4n) is 2.94. The van der Waals surface area contributed by atoms with Crippen LogP contribution in [-0.2, 0) is 9.53 Å². The number of hydrogen-bond acceptors (Lipinski definition) is 2. The topological polar surface area (TPSA) is 26.3 Å². The zero-order chi connectivity index (χ0) is 13.6. The molecule has 98 valence electrons. The normalized spacial score (nSPS) is 22.2. The highest BCUT2D eigenvalue weighted by atomic mass is 35.5. The summed E-state index contributed by atoms with van der Waals surface area (Å²) in [6.45, 7) is 5.17. The van der Waals surface area contributed by atoms with E-state index in [4.69, 9.17) is 16.3 Å². The second kappa shape index (κ2) is 4.62. The molecule has 1 unspecified atom stereocenters. The van der Waals surface area contributed by atoms with E-state index in [0.29, 0.717) is 18.2 Å². The molecule has 0 bridgehead atoms. The number of ether oxygens (including phenoxy) is 1. The summed E-state index contributed by atoms with van der Waals surface area (Å²) in [6, 6.07) is 7.46. The number of halogens is 1. The van der Waals surface area contributed by atoms with Gasteiger partial charge < -0.3 is 4.74 Å². The number of ketones is 1.